The summed E-state index contributed by atoms with van der Waals surface area (Å²) in [5.74, 6) is 2.17. The smallest absolute Gasteiger partial charge is 0.234 e. The number of thioether (sulfide) groups is 1. The molecule has 7 nitrogen and oxygen atoms in total. The minimum Gasteiger partial charge on any atom is -0.486 e. The third-order valence-electron chi connectivity index (χ3n) is 4.26. The molecule has 0 radical (unpaired) electrons. The lowest BCUT2D eigenvalue weighted by molar-refractivity contribution is -0.113. The standard InChI is InChI=1S/C22H19ClN4O3S/c23-16-8-10-17(11-9-16)24-21(28)15-31-22-26-25-20(14-30-18-5-2-1-3-6-18)27(22)13-19-7-4-12-29-19/h1-12H,13-15H2,(H,24,28). The van der Waals surface area contributed by atoms with Gasteiger partial charge in [0.1, 0.15) is 18.1 Å². The number of carbonyl (C=O) groups is 1. The van der Waals surface area contributed by atoms with E-state index >= 15 is 0 Å². The maximum atomic E-state index is 12.4. The summed E-state index contributed by atoms with van der Waals surface area (Å²) in [4.78, 5) is 12.4. The normalized spacial score (nSPS) is 10.7. The Morgan fingerprint density at radius 3 is 2.61 bits per heavy atom. The Hall–Kier alpha value is -3.23. The lowest BCUT2D eigenvalue weighted by Crippen LogP contribution is -2.15. The quantitative estimate of drug-likeness (QED) is 0.363. The second-order valence-corrected chi connectivity index (χ2v) is 7.89. The van der Waals surface area contributed by atoms with Crippen molar-refractivity contribution in [1.82, 2.24) is 14.8 Å². The maximum absolute atomic E-state index is 12.4. The highest BCUT2D eigenvalue weighted by molar-refractivity contribution is 7.99. The van der Waals surface area contributed by atoms with Crippen LogP contribution in [0.25, 0.3) is 0 Å². The van der Waals surface area contributed by atoms with Crippen molar-refractivity contribution in [3.8, 4) is 5.75 Å². The van der Waals surface area contributed by atoms with Crippen LogP contribution < -0.4 is 10.1 Å². The fourth-order valence-corrected chi connectivity index (χ4v) is 3.66. The van der Waals surface area contributed by atoms with E-state index in [1.807, 2.05) is 47.0 Å². The molecule has 4 aromatic rings. The molecule has 0 spiro atoms. The molecule has 0 aliphatic heterocycles. The maximum Gasteiger partial charge on any atom is 0.234 e. The Kier molecular flexibility index (Phi) is 6.91. The third-order valence-corrected chi connectivity index (χ3v) is 5.48. The van der Waals surface area contributed by atoms with Crippen molar-refractivity contribution in [2.24, 2.45) is 0 Å². The van der Waals surface area contributed by atoms with E-state index in [2.05, 4.69) is 15.5 Å². The summed E-state index contributed by atoms with van der Waals surface area (Å²) < 4.78 is 13.2. The van der Waals surface area contributed by atoms with Gasteiger partial charge in [-0.3, -0.25) is 9.36 Å². The number of ether oxygens (including phenoxy) is 1. The molecule has 4 rings (SSSR count). The minimum atomic E-state index is -0.151. The molecule has 0 bridgehead atoms. The van der Waals surface area contributed by atoms with Gasteiger partial charge >= 0.3 is 0 Å². The molecule has 2 aromatic carbocycles. The average Bonchev–Trinajstić information content (AvgIpc) is 3.44. The summed E-state index contributed by atoms with van der Waals surface area (Å²) in [5, 5.41) is 12.6. The Morgan fingerprint density at radius 1 is 1.06 bits per heavy atom. The summed E-state index contributed by atoms with van der Waals surface area (Å²) in [7, 11) is 0. The van der Waals surface area contributed by atoms with E-state index in [-0.39, 0.29) is 18.3 Å². The van der Waals surface area contributed by atoms with Crippen molar-refractivity contribution < 1.29 is 13.9 Å². The number of hydrogen-bond donors (Lipinski definition) is 1. The summed E-state index contributed by atoms with van der Waals surface area (Å²) in [6.07, 6.45) is 1.62. The van der Waals surface area contributed by atoms with E-state index in [1.165, 1.54) is 11.8 Å². The molecule has 0 saturated heterocycles. The zero-order valence-electron chi connectivity index (χ0n) is 16.4. The zero-order valence-corrected chi connectivity index (χ0v) is 18.0. The molecule has 158 valence electrons. The van der Waals surface area contributed by atoms with E-state index in [9.17, 15) is 4.79 Å². The molecule has 2 heterocycles. The summed E-state index contributed by atoms with van der Waals surface area (Å²) in [5.41, 5.74) is 0.684. The largest absolute Gasteiger partial charge is 0.486 e. The molecule has 0 aliphatic carbocycles. The van der Waals surface area contributed by atoms with Crippen LogP contribution >= 0.6 is 23.4 Å². The van der Waals surface area contributed by atoms with Gasteiger partial charge in [-0.25, -0.2) is 0 Å². The molecule has 31 heavy (non-hydrogen) atoms. The van der Waals surface area contributed by atoms with Gasteiger partial charge in [-0.1, -0.05) is 41.6 Å². The number of hydrogen-bond acceptors (Lipinski definition) is 6. The monoisotopic (exact) mass is 454 g/mol. The number of aromatic nitrogens is 3. The minimum absolute atomic E-state index is 0.151. The fraction of sp³-hybridized carbons (Fsp3) is 0.136. The Labute approximate surface area is 188 Å². The predicted molar refractivity (Wildman–Crippen MR) is 119 cm³/mol. The molecule has 0 unspecified atom stereocenters. The highest BCUT2D eigenvalue weighted by atomic mass is 35.5. The number of benzene rings is 2. The zero-order chi connectivity index (χ0) is 21.5. The summed E-state index contributed by atoms with van der Waals surface area (Å²) in [6, 6.07) is 20.2. The van der Waals surface area contributed by atoms with E-state index in [1.54, 1.807) is 30.5 Å². The number of para-hydroxylation sites is 1. The van der Waals surface area contributed by atoms with Crippen LogP contribution in [0.5, 0.6) is 5.75 Å². The molecule has 2 aromatic heterocycles. The number of carbonyl (C=O) groups excluding carboxylic acids is 1. The number of rotatable bonds is 9. The Balaban J connectivity index is 1.43. The number of nitrogens with zero attached hydrogens (tertiary/aromatic N) is 3. The van der Waals surface area contributed by atoms with Gasteiger partial charge in [0, 0.05) is 10.7 Å². The van der Waals surface area contributed by atoms with E-state index in [4.69, 9.17) is 20.8 Å². The van der Waals surface area contributed by atoms with Gasteiger partial charge in [-0.2, -0.15) is 0 Å². The lowest BCUT2D eigenvalue weighted by Gasteiger charge is -2.10. The van der Waals surface area contributed by atoms with Crippen LogP contribution in [0.1, 0.15) is 11.6 Å². The summed E-state index contributed by atoms with van der Waals surface area (Å²) >= 11 is 7.18. The number of amides is 1. The first kappa shape index (κ1) is 21.0. The van der Waals surface area contributed by atoms with Crippen LogP contribution in [-0.4, -0.2) is 26.4 Å². The van der Waals surface area contributed by atoms with Crippen molar-refractivity contribution in [3.63, 3.8) is 0 Å². The number of anilines is 1. The molecule has 0 fully saturated rings. The molecular formula is C22H19ClN4O3S. The first-order valence-electron chi connectivity index (χ1n) is 9.48. The predicted octanol–water partition coefficient (Wildman–Crippen LogP) is 4.88. The van der Waals surface area contributed by atoms with Gasteiger partial charge in [0.2, 0.25) is 5.91 Å². The molecule has 0 atom stereocenters. The van der Waals surface area contributed by atoms with Crippen molar-refractivity contribution in [2.45, 2.75) is 18.3 Å². The van der Waals surface area contributed by atoms with Crippen molar-refractivity contribution in [1.29, 1.82) is 0 Å². The fourth-order valence-electron chi connectivity index (χ4n) is 2.77. The van der Waals surface area contributed by atoms with Crippen LogP contribution in [-0.2, 0) is 17.9 Å². The Morgan fingerprint density at radius 2 is 1.87 bits per heavy atom. The van der Waals surface area contributed by atoms with Crippen LogP contribution in [0, 0.1) is 0 Å². The SMILES string of the molecule is O=C(CSc1nnc(COc2ccccc2)n1Cc1ccco1)Nc1ccc(Cl)cc1. The van der Waals surface area contributed by atoms with Gasteiger partial charge in [0.05, 0.1) is 18.6 Å². The van der Waals surface area contributed by atoms with Gasteiger partial charge in [0.15, 0.2) is 11.0 Å². The van der Waals surface area contributed by atoms with Crippen molar-refractivity contribution in [2.75, 3.05) is 11.1 Å². The molecule has 0 saturated carbocycles. The van der Waals surface area contributed by atoms with E-state index in [0.29, 0.717) is 28.2 Å². The van der Waals surface area contributed by atoms with Crippen LogP contribution in [0.3, 0.4) is 0 Å². The highest BCUT2D eigenvalue weighted by Crippen LogP contribution is 2.21. The molecule has 9 heteroatoms. The molecule has 1 amide bonds. The Bertz CT molecular complexity index is 1120. The van der Waals surface area contributed by atoms with E-state index in [0.717, 1.165) is 11.5 Å². The first-order chi connectivity index (χ1) is 15.2. The summed E-state index contributed by atoms with van der Waals surface area (Å²) in [6.45, 7) is 0.684. The van der Waals surface area contributed by atoms with Crippen molar-refractivity contribution in [3.05, 3.63) is 89.6 Å². The second kappa shape index (κ2) is 10.2. The molecule has 0 aliphatic rings. The van der Waals surface area contributed by atoms with E-state index < -0.39 is 0 Å². The molecular weight excluding hydrogens is 436 g/mol. The topological polar surface area (TPSA) is 82.2 Å². The van der Waals surface area contributed by atoms with Crippen LogP contribution in [0.2, 0.25) is 5.02 Å². The third kappa shape index (κ3) is 5.90. The van der Waals surface area contributed by atoms with Gasteiger partial charge in [-0.05, 0) is 48.5 Å². The lowest BCUT2D eigenvalue weighted by atomic mass is 10.3. The van der Waals surface area contributed by atoms with Crippen LogP contribution in [0.15, 0.2) is 82.6 Å². The second-order valence-electron chi connectivity index (χ2n) is 6.51. The van der Waals surface area contributed by atoms with Gasteiger partial charge in [0.25, 0.3) is 0 Å². The average molecular weight is 455 g/mol. The number of furan rings is 1. The van der Waals surface area contributed by atoms with Crippen LogP contribution in [0.4, 0.5) is 5.69 Å². The first-order valence-corrected chi connectivity index (χ1v) is 10.8. The van der Waals surface area contributed by atoms with Gasteiger partial charge < -0.3 is 14.5 Å². The number of halogens is 1. The highest BCUT2D eigenvalue weighted by Gasteiger charge is 2.16. The van der Waals surface area contributed by atoms with Gasteiger partial charge in [-0.15, -0.1) is 10.2 Å². The number of nitrogens with one attached hydrogen (secondary N) is 1. The van der Waals surface area contributed by atoms with Crippen molar-refractivity contribution >= 4 is 35.0 Å². The molecule has 1 N–H and O–H groups in total.